The van der Waals surface area contributed by atoms with Gasteiger partial charge >= 0.3 is 12.3 Å². The minimum atomic E-state index is -0.825. The number of fused-ring (bicyclic) bond motifs is 2. The first-order chi connectivity index (χ1) is 12.0. The molecule has 6 nitrogen and oxygen atoms in total. The summed E-state index contributed by atoms with van der Waals surface area (Å²) in [7, 11) is 2.48. The number of aryl methyl sites for hydroxylation is 1. The Labute approximate surface area is 143 Å². The lowest BCUT2D eigenvalue weighted by atomic mass is 9.99. The number of methoxy groups -OCH3 is 2. The molecule has 0 bridgehead atoms. The maximum absolute atomic E-state index is 11.7. The number of carbonyl (C=O) groups excluding carboxylic acids is 2. The number of ether oxygens (including phenoxy) is 4. The van der Waals surface area contributed by atoms with Crippen LogP contribution in [0.25, 0.3) is 21.5 Å². The fourth-order valence-electron chi connectivity index (χ4n) is 2.68. The SMILES string of the molecule is COC(=O)Oc1c2ccccc2c(OC(=O)OC)c2cc(C)ccc12. The van der Waals surface area contributed by atoms with Crippen molar-refractivity contribution in [3.8, 4) is 11.5 Å². The molecule has 0 aliphatic heterocycles. The largest absolute Gasteiger partial charge is 0.513 e. The first-order valence-electron chi connectivity index (χ1n) is 7.51. The predicted octanol–water partition coefficient (Wildman–Crippen LogP) is 4.59. The molecule has 25 heavy (non-hydrogen) atoms. The van der Waals surface area contributed by atoms with Crippen LogP contribution in [0.4, 0.5) is 9.59 Å². The number of hydrogen-bond donors (Lipinski definition) is 0. The lowest BCUT2D eigenvalue weighted by molar-refractivity contribution is 0.120. The van der Waals surface area contributed by atoms with Crippen LogP contribution < -0.4 is 9.47 Å². The maximum Gasteiger partial charge on any atom is 0.513 e. The van der Waals surface area contributed by atoms with Crippen LogP contribution in [0, 0.1) is 6.92 Å². The summed E-state index contributed by atoms with van der Waals surface area (Å²) in [6, 6.07) is 12.7. The lowest BCUT2D eigenvalue weighted by Gasteiger charge is -2.15. The third-order valence-electron chi connectivity index (χ3n) is 3.78. The van der Waals surface area contributed by atoms with Crippen LogP contribution in [0.5, 0.6) is 11.5 Å². The fourth-order valence-corrected chi connectivity index (χ4v) is 2.68. The summed E-state index contributed by atoms with van der Waals surface area (Å²) in [6.45, 7) is 1.91. The Hall–Kier alpha value is -3.28. The van der Waals surface area contributed by atoms with E-state index < -0.39 is 12.3 Å². The summed E-state index contributed by atoms with van der Waals surface area (Å²) in [6.07, 6.45) is -1.65. The van der Waals surface area contributed by atoms with E-state index in [0.29, 0.717) is 33.0 Å². The van der Waals surface area contributed by atoms with Crippen molar-refractivity contribution in [3.63, 3.8) is 0 Å². The first kappa shape index (κ1) is 16.6. The predicted molar refractivity (Wildman–Crippen MR) is 92.3 cm³/mol. The van der Waals surface area contributed by atoms with Crippen LogP contribution in [0.1, 0.15) is 5.56 Å². The Bertz CT molecular complexity index is 976. The second-order valence-electron chi connectivity index (χ2n) is 5.37. The van der Waals surface area contributed by atoms with Gasteiger partial charge in [-0.15, -0.1) is 0 Å². The molecule has 3 aromatic carbocycles. The zero-order valence-corrected chi connectivity index (χ0v) is 14.0. The smallest absolute Gasteiger partial charge is 0.437 e. The monoisotopic (exact) mass is 340 g/mol. The molecule has 0 amide bonds. The van der Waals surface area contributed by atoms with E-state index in [1.165, 1.54) is 14.2 Å². The third-order valence-corrected chi connectivity index (χ3v) is 3.78. The Balaban J connectivity index is 2.40. The second-order valence-corrected chi connectivity index (χ2v) is 5.37. The molecule has 0 saturated carbocycles. The number of benzene rings is 3. The topological polar surface area (TPSA) is 71.1 Å². The van der Waals surface area contributed by atoms with Crippen molar-refractivity contribution < 1.29 is 28.5 Å². The van der Waals surface area contributed by atoms with Crippen molar-refractivity contribution in [2.75, 3.05) is 14.2 Å². The summed E-state index contributed by atoms with van der Waals surface area (Å²) in [5.41, 5.74) is 0.960. The molecular weight excluding hydrogens is 324 g/mol. The van der Waals surface area contributed by atoms with Gasteiger partial charge in [-0.2, -0.15) is 0 Å². The van der Waals surface area contributed by atoms with Crippen LogP contribution in [-0.2, 0) is 9.47 Å². The van der Waals surface area contributed by atoms with Crippen LogP contribution in [0.2, 0.25) is 0 Å². The quantitative estimate of drug-likeness (QED) is 0.386. The Morgan fingerprint density at radius 1 is 0.720 bits per heavy atom. The molecule has 0 aromatic heterocycles. The van der Waals surface area contributed by atoms with Crippen molar-refractivity contribution in [1.29, 1.82) is 0 Å². The first-order valence-corrected chi connectivity index (χ1v) is 7.51. The Morgan fingerprint density at radius 2 is 1.20 bits per heavy atom. The van der Waals surface area contributed by atoms with Gasteiger partial charge in [0.05, 0.1) is 14.2 Å². The molecule has 0 N–H and O–H groups in total. The summed E-state index contributed by atoms with van der Waals surface area (Å²) >= 11 is 0. The van der Waals surface area contributed by atoms with E-state index in [-0.39, 0.29) is 0 Å². The van der Waals surface area contributed by atoms with Crippen molar-refractivity contribution in [1.82, 2.24) is 0 Å². The van der Waals surface area contributed by atoms with E-state index in [2.05, 4.69) is 9.47 Å². The molecule has 0 fully saturated rings. The van der Waals surface area contributed by atoms with Gasteiger partial charge in [-0.05, 0) is 13.0 Å². The maximum atomic E-state index is 11.7. The second kappa shape index (κ2) is 6.68. The molecule has 0 heterocycles. The molecule has 0 radical (unpaired) electrons. The van der Waals surface area contributed by atoms with E-state index in [1.807, 2.05) is 19.1 Å². The van der Waals surface area contributed by atoms with Gasteiger partial charge in [0.25, 0.3) is 0 Å². The van der Waals surface area contributed by atoms with Gasteiger partial charge in [-0.25, -0.2) is 9.59 Å². The van der Waals surface area contributed by atoms with Crippen LogP contribution >= 0.6 is 0 Å². The van der Waals surface area contributed by atoms with Crippen LogP contribution in [-0.4, -0.2) is 26.5 Å². The van der Waals surface area contributed by atoms with E-state index >= 15 is 0 Å². The Kier molecular flexibility index (Phi) is 4.43. The summed E-state index contributed by atoms with van der Waals surface area (Å²) < 4.78 is 20.0. The fraction of sp³-hybridized carbons (Fsp3) is 0.158. The van der Waals surface area contributed by atoms with Gasteiger partial charge in [0.1, 0.15) is 11.5 Å². The van der Waals surface area contributed by atoms with Crippen LogP contribution in [0.3, 0.4) is 0 Å². The van der Waals surface area contributed by atoms with Crippen molar-refractivity contribution in [2.45, 2.75) is 6.92 Å². The van der Waals surface area contributed by atoms with Crippen molar-refractivity contribution >= 4 is 33.9 Å². The summed E-state index contributed by atoms with van der Waals surface area (Å²) in [4.78, 5) is 23.4. The number of hydrogen-bond acceptors (Lipinski definition) is 6. The van der Waals surface area contributed by atoms with E-state index in [9.17, 15) is 9.59 Å². The zero-order chi connectivity index (χ0) is 18.0. The molecular formula is C19H16O6. The lowest BCUT2D eigenvalue weighted by Crippen LogP contribution is -2.10. The standard InChI is InChI=1S/C19H16O6/c1-11-8-9-14-15(10-11)17(25-19(21)23-3)13-7-5-4-6-12(13)16(14)24-18(20)22-2/h4-10H,1-3H3. The minimum Gasteiger partial charge on any atom is -0.437 e. The minimum absolute atomic E-state index is 0.342. The van der Waals surface area contributed by atoms with Crippen LogP contribution in [0.15, 0.2) is 42.5 Å². The third kappa shape index (κ3) is 3.06. The van der Waals surface area contributed by atoms with Crippen molar-refractivity contribution in [2.24, 2.45) is 0 Å². The van der Waals surface area contributed by atoms with E-state index in [4.69, 9.17) is 9.47 Å². The van der Waals surface area contributed by atoms with Gasteiger partial charge in [-0.1, -0.05) is 42.0 Å². The van der Waals surface area contributed by atoms with E-state index in [0.717, 1.165) is 5.56 Å². The Morgan fingerprint density at radius 3 is 1.72 bits per heavy atom. The average molecular weight is 340 g/mol. The van der Waals surface area contributed by atoms with Crippen molar-refractivity contribution in [3.05, 3.63) is 48.0 Å². The average Bonchev–Trinajstić information content (AvgIpc) is 2.63. The molecule has 3 rings (SSSR count). The molecule has 0 aliphatic carbocycles. The zero-order valence-electron chi connectivity index (χ0n) is 14.0. The molecule has 0 saturated heterocycles. The molecule has 128 valence electrons. The van der Waals surface area contributed by atoms with E-state index in [1.54, 1.807) is 30.3 Å². The van der Waals surface area contributed by atoms with Gasteiger partial charge in [0.15, 0.2) is 0 Å². The highest BCUT2D eigenvalue weighted by Crippen LogP contribution is 2.43. The van der Waals surface area contributed by atoms with Gasteiger partial charge in [0, 0.05) is 21.5 Å². The van der Waals surface area contributed by atoms with Gasteiger partial charge in [-0.3, -0.25) is 0 Å². The normalized spacial score (nSPS) is 10.5. The highest BCUT2D eigenvalue weighted by atomic mass is 16.7. The summed E-state index contributed by atoms with van der Waals surface area (Å²) in [5.74, 6) is 0.688. The highest BCUT2D eigenvalue weighted by Gasteiger charge is 2.20. The number of carbonyl (C=O) groups is 2. The highest BCUT2D eigenvalue weighted by molar-refractivity contribution is 6.12. The molecule has 3 aromatic rings. The van der Waals surface area contributed by atoms with Gasteiger partial charge < -0.3 is 18.9 Å². The molecule has 0 spiro atoms. The van der Waals surface area contributed by atoms with Gasteiger partial charge in [0.2, 0.25) is 0 Å². The molecule has 0 unspecified atom stereocenters. The number of rotatable bonds is 2. The summed E-state index contributed by atoms with van der Waals surface area (Å²) in [5, 5.41) is 2.48. The molecule has 0 atom stereocenters. The molecule has 0 aliphatic rings. The molecule has 6 heteroatoms.